The van der Waals surface area contributed by atoms with Crippen molar-refractivity contribution < 1.29 is 14.7 Å². The number of likely N-dealkylation sites (N-methyl/N-ethyl adjacent to an activating group) is 1. The number of nitrogens with zero attached hydrogens (tertiary/aromatic N) is 1. The number of fused-ring (bicyclic) bond motifs is 1. The smallest absolute Gasteiger partial charge is 0.337 e. The number of hydrogen-bond acceptors (Lipinski definition) is 2. The molecule has 1 aromatic carbocycles. The minimum Gasteiger partial charge on any atom is -0.478 e. The molecule has 4 nitrogen and oxygen atoms in total. The van der Waals surface area contributed by atoms with E-state index in [1.807, 2.05) is 6.92 Å². The van der Waals surface area contributed by atoms with Gasteiger partial charge in [0.2, 0.25) is 5.91 Å². The number of benzene rings is 1. The first-order valence-electron chi connectivity index (χ1n) is 4.80. The van der Waals surface area contributed by atoms with Gasteiger partial charge in [0.25, 0.3) is 0 Å². The van der Waals surface area contributed by atoms with Crippen molar-refractivity contribution >= 4 is 17.6 Å². The molecule has 0 saturated heterocycles. The van der Waals surface area contributed by atoms with Gasteiger partial charge in [-0.15, -0.1) is 0 Å². The highest BCUT2D eigenvalue weighted by molar-refractivity contribution is 6.08. The first-order chi connectivity index (χ1) is 7.15. The lowest BCUT2D eigenvalue weighted by Gasteiger charge is -2.16. The predicted octanol–water partition coefficient (Wildman–Crippen LogP) is 1.29. The van der Waals surface area contributed by atoms with Crippen LogP contribution in [0.15, 0.2) is 18.2 Å². The fourth-order valence-corrected chi connectivity index (χ4v) is 1.94. The third-order valence-corrected chi connectivity index (χ3v) is 2.58. The van der Waals surface area contributed by atoms with Gasteiger partial charge in [-0.3, -0.25) is 4.79 Å². The van der Waals surface area contributed by atoms with Crippen LogP contribution in [-0.2, 0) is 11.2 Å². The van der Waals surface area contributed by atoms with Crippen LogP contribution in [0.4, 0.5) is 5.69 Å². The molecule has 4 heteroatoms. The molecule has 0 saturated carbocycles. The van der Waals surface area contributed by atoms with E-state index >= 15 is 0 Å². The summed E-state index contributed by atoms with van der Waals surface area (Å²) in [6, 6.07) is 5.01. The average molecular weight is 205 g/mol. The lowest BCUT2D eigenvalue weighted by molar-refractivity contribution is -0.117. The zero-order valence-electron chi connectivity index (χ0n) is 8.36. The second kappa shape index (κ2) is 3.38. The van der Waals surface area contributed by atoms with E-state index in [0.29, 0.717) is 18.7 Å². The molecule has 2 rings (SSSR count). The Hall–Kier alpha value is -1.84. The second-order valence-corrected chi connectivity index (χ2v) is 3.43. The Morgan fingerprint density at radius 1 is 1.53 bits per heavy atom. The number of hydrogen-bond donors (Lipinski definition) is 1. The molecule has 0 aromatic heterocycles. The third kappa shape index (κ3) is 1.38. The molecule has 0 unspecified atom stereocenters. The Labute approximate surface area is 87.1 Å². The molecule has 1 amide bonds. The Kier molecular flexibility index (Phi) is 2.19. The largest absolute Gasteiger partial charge is 0.478 e. The van der Waals surface area contributed by atoms with Crippen LogP contribution in [0.1, 0.15) is 22.8 Å². The van der Waals surface area contributed by atoms with Crippen molar-refractivity contribution in [1.29, 1.82) is 0 Å². The molecule has 0 spiro atoms. The summed E-state index contributed by atoms with van der Waals surface area (Å²) in [4.78, 5) is 24.1. The van der Waals surface area contributed by atoms with E-state index in [0.717, 1.165) is 5.56 Å². The van der Waals surface area contributed by atoms with E-state index in [-0.39, 0.29) is 11.5 Å². The molecule has 1 aliphatic heterocycles. The summed E-state index contributed by atoms with van der Waals surface area (Å²) < 4.78 is 0. The second-order valence-electron chi connectivity index (χ2n) is 3.43. The van der Waals surface area contributed by atoms with Crippen molar-refractivity contribution in [2.24, 2.45) is 0 Å². The maximum Gasteiger partial charge on any atom is 0.337 e. The van der Waals surface area contributed by atoms with E-state index < -0.39 is 5.97 Å². The molecule has 0 radical (unpaired) electrons. The highest BCUT2D eigenvalue weighted by atomic mass is 16.4. The van der Waals surface area contributed by atoms with Crippen LogP contribution in [-0.4, -0.2) is 23.5 Å². The fraction of sp³-hybridized carbons (Fsp3) is 0.273. The predicted molar refractivity (Wildman–Crippen MR) is 55.1 cm³/mol. The molecular formula is C11H11NO3. The Balaban J connectivity index is 2.60. The first-order valence-corrected chi connectivity index (χ1v) is 4.80. The van der Waals surface area contributed by atoms with Gasteiger partial charge >= 0.3 is 5.97 Å². The molecule has 1 aromatic rings. The number of para-hydroxylation sites is 1. The van der Waals surface area contributed by atoms with E-state index in [4.69, 9.17) is 5.11 Å². The number of carbonyl (C=O) groups is 2. The van der Waals surface area contributed by atoms with Crippen molar-refractivity contribution in [3.8, 4) is 0 Å². The monoisotopic (exact) mass is 205 g/mol. The summed E-state index contributed by atoms with van der Waals surface area (Å²) in [6.45, 7) is 2.35. The Morgan fingerprint density at radius 2 is 2.27 bits per heavy atom. The van der Waals surface area contributed by atoms with Gasteiger partial charge < -0.3 is 10.0 Å². The van der Waals surface area contributed by atoms with Gasteiger partial charge in [0, 0.05) is 6.54 Å². The number of carbonyl (C=O) groups excluding carboxylic acids is 1. The van der Waals surface area contributed by atoms with Crippen LogP contribution in [0.5, 0.6) is 0 Å². The number of rotatable bonds is 2. The fourth-order valence-electron chi connectivity index (χ4n) is 1.94. The van der Waals surface area contributed by atoms with Gasteiger partial charge in [0.15, 0.2) is 0 Å². The van der Waals surface area contributed by atoms with Crippen LogP contribution in [0.25, 0.3) is 0 Å². The molecular weight excluding hydrogens is 194 g/mol. The zero-order chi connectivity index (χ0) is 11.0. The Morgan fingerprint density at radius 3 is 2.87 bits per heavy atom. The number of anilines is 1. The number of amides is 1. The van der Waals surface area contributed by atoms with Crippen LogP contribution in [0.2, 0.25) is 0 Å². The van der Waals surface area contributed by atoms with Gasteiger partial charge in [-0.1, -0.05) is 12.1 Å². The quantitative estimate of drug-likeness (QED) is 0.791. The van der Waals surface area contributed by atoms with Crippen molar-refractivity contribution in [1.82, 2.24) is 0 Å². The molecule has 1 aliphatic rings. The summed E-state index contributed by atoms with van der Waals surface area (Å²) >= 11 is 0. The normalized spacial score (nSPS) is 14.2. The highest BCUT2D eigenvalue weighted by Gasteiger charge is 2.29. The molecule has 0 bridgehead atoms. The van der Waals surface area contributed by atoms with Gasteiger partial charge in [0.1, 0.15) is 0 Å². The van der Waals surface area contributed by atoms with Crippen molar-refractivity contribution in [2.45, 2.75) is 13.3 Å². The topological polar surface area (TPSA) is 57.6 Å². The molecule has 15 heavy (non-hydrogen) atoms. The lowest BCUT2D eigenvalue weighted by Crippen LogP contribution is -2.27. The summed E-state index contributed by atoms with van der Waals surface area (Å²) in [5.74, 6) is -1.01. The van der Waals surface area contributed by atoms with Gasteiger partial charge in [-0.05, 0) is 18.6 Å². The van der Waals surface area contributed by atoms with Gasteiger partial charge in [0.05, 0.1) is 17.7 Å². The van der Waals surface area contributed by atoms with Crippen molar-refractivity contribution in [3.05, 3.63) is 29.3 Å². The van der Waals surface area contributed by atoms with Crippen LogP contribution >= 0.6 is 0 Å². The average Bonchev–Trinajstić information content (AvgIpc) is 2.52. The Bertz CT molecular complexity index is 439. The van der Waals surface area contributed by atoms with Crippen LogP contribution in [0.3, 0.4) is 0 Å². The third-order valence-electron chi connectivity index (χ3n) is 2.58. The van der Waals surface area contributed by atoms with Gasteiger partial charge in [-0.2, -0.15) is 0 Å². The van der Waals surface area contributed by atoms with Crippen molar-refractivity contribution in [2.75, 3.05) is 11.4 Å². The number of aromatic carboxylic acids is 1. The zero-order valence-corrected chi connectivity index (χ0v) is 8.36. The lowest BCUT2D eigenvalue weighted by atomic mass is 10.1. The first kappa shape index (κ1) is 9.71. The molecule has 0 atom stereocenters. The summed E-state index contributed by atoms with van der Waals surface area (Å²) in [6.07, 6.45) is 0.310. The van der Waals surface area contributed by atoms with Crippen LogP contribution in [0, 0.1) is 0 Å². The van der Waals surface area contributed by atoms with Gasteiger partial charge in [-0.25, -0.2) is 4.79 Å². The highest BCUT2D eigenvalue weighted by Crippen LogP contribution is 2.32. The van der Waals surface area contributed by atoms with E-state index in [2.05, 4.69) is 0 Å². The van der Waals surface area contributed by atoms with E-state index in [1.54, 1.807) is 12.1 Å². The molecule has 0 aliphatic carbocycles. The maximum atomic E-state index is 11.6. The van der Waals surface area contributed by atoms with E-state index in [1.165, 1.54) is 11.0 Å². The minimum atomic E-state index is -0.986. The molecule has 1 heterocycles. The number of carboxylic acid groups (broad SMARTS) is 1. The number of carboxylic acids is 1. The van der Waals surface area contributed by atoms with Crippen LogP contribution < -0.4 is 4.90 Å². The standard InChI is InChI=1S/C11H11NO3/c1-2-12-9(13)6-7-4-3-5-8(10(7)12)11(14)15/h3-5H,2,6H2,1H3,(H,14,15). The van der Waals surface area contributed by atoms with E-state index in [9.17, 15) is 9.59 Å². The van der Waals surface area contributed by atoms with Crippen molar-refractivity contribution in [3.63, 3.8) is 0 Å². The maximum absolute atomic E-state index is 11.6. The molecule has 0 fully saturated rings. The summed E-state index contributed by atoms with van der Waals surface area (Å²) in [5.41, 5.74) is 1.58. The summed E-state index contributed by atoms with van der Waals surface area (Å²) in [7, 11) is 0. The molecule has 1 N–H and O–H groups in total. The summed E-state index contributed by atoms with van der Waals surface area (Å²) in [5, 5.41) is 9.01. The SMILES string of the molecule is CCN1C(=O)Cc2cccc(C(=O)O)c21. The minimum absolute atomic E-state index is 0.0267. The molecule has 78 valence electrons.